The van der Waals surface area contributed by atoms with Crippen molar-refractivity contribution < 1.29 is 15.0 Å². The molecular weight excluding hydrogens is 432 g/mol. The second-order valence-corrected chi connectivity index (χ2v) is 8.32. The second kappa shape index (κ2) is 8.60. The molecule has 0 fully saturated rings. The molecule has 0 amide bonds. The Hall–Kier alpha value is -4.24. The number of aliphatic hydroxyl groups excluding tert-OH is 1. The molecular formula is C25H24N6O3. The average Bonchev–Trinajstić information content (AvgIpc) is 3.34. The smallest absolute Gasteiger partial charge is 0.341 e. The summed E-state index contributed by atoms with van der Waals surface area (Å²) < 4.78 is 1.84. The summed E-state index contributed by atoms with van der Waals surface area (Å²) in [7, 11) is 0. The monoisotopic (exact) mass is 456 g/mol. The molecule has 2 aromatic heterocycles. The van der Waals surface area contributed by atoms with Crippen LogP contribution in [0.25, 0.3) is 10.9 Å². The van der Waals surface area contributed by atoms with E-state index in [1.165, 1.54) is 6.20 Å². The number of anilines is 3. The molecule has 2 heterocycles. The SMILES string of the molecule is C=CCn1ncc2cc(C)c(Nc3ncc(C(=O)O)c(N[C@H]4c5ccccc5C[C@H]4O)n3)cc21. The van der Waals surface area contributed by atoms with Gasteiger partial charge >= 0.3 is 5.97 Å². The number of rotatable bonds is 7. The van der Waals surface area contributed by atoms with Crippen LogP contribution in [0.5, 0.6) is 0 Å². The highest BCUT2D eigenvalue weighted by Gasteiger charge is 2.32. The zero-order valence-electron chi connectivity index (χ0n) is 18.6. The van der Waals surface area contributed by atoms with Gasteiger partial charge in [0.2, 0.25) is 5.95 Å². The normalized spacial score (nSPS) is 16.9. The van der Waals surface area contributed by atoms with Crippen molar-refractivity contribution in [2.75, 3.05) is 10.6 Å². The zero-order chi connectivity index (χ0) is 23.8. The van der Waals surface area contributed by atoms with E-state index in [2.05, 4.69) is 32.3 Å². The number of hydrogen-bond acceptors (Lipinski definition) is 7. The predicted octanol–water partition coefficient (Wildman–Crippen LogP) is 3.83. The number of carboxylic acid groups (broad SMARTS) is 1. The largest absolute Gasteiger partial charge is 0.477 e. The number of aliphatic hydroxyl groups is 1. The summed E-state index contributed by atoms with van der Waals surface area (Å²) in [6.07, 6.45) is 4.65. The van der Waals surface area contributed by atoms with E-state index in [1.54, 1.807) is 12.3 Å². The Morgan fingerprint density at radius 1 is 1.29 bits per heavy atom. The van der Waals surface area contributed by atoms with Gasteiger partial charge in [0.05, 0.1) is 30.4 Å². The van der Waals surface area contributed by atoms with Gasteiger partial charge in [0.25, 0.3) is 0 Å². The minimum atomic E-state index is -1.15. The zero-order valence-corrected chi connectivity index (χ0v) is 18.6. The molecule has 9 nitrogen and oxygen atoms in total. The molecule has 2 atom stereocenters. The first-order valence-corrected chi connectivity index (χ1v) is 10.9. The molecule has 0 saturated heterocycles. The summed E-state index contributed by atoms with van der Waals surface area (Å²) in [5.41, 5.74) is 4.55. The van der Waals surface area contributed by atoms with Crippen molar-refractivity contribution in [3.8, 4) is 0 Å². The molecule has 0 bridgehead atoms. The minimum absolute atomic E-state index is 0.0710. The topological polar surface area (TPSA) is 125 Å². The van der Waals surface area contributed by atoms with Gasteiger partial charge in [0.1, 0.15) is 11.4 Å². The van der Waals surface area contributed by atoms with Crippen molar-refractivity contribution in [3.63, 3.8) is 0 Å². The molecule has 0 radical (unpaired) electrons. The number of aryl methyl sites for hydroxylation is 1. The van der Waals surface area contributed by atoms with E-state index in [0.717, 1.165) is 33.3 Å². The van der Waals surface area contributed by atoms with Crippen LogP contribution >= 0.6 is 0 Å². The Morgan fingerprint density at radius 3 is 2.91 bits per heavy atom. The maximum atomic E-state index is 11.8. The highest BCUT2D eigenvalue weighted by Crippen LogP contribution is 2.35. The molecule has 1 aliphatic carbocycles. The average molecular weight is 457 g/mol. The molecule has 1 aliphatic rings. The van der Waals surface area contributed by atoms with E-state index in [-0.39, 0.29) is 17.3 Å². The molecule has 2 aromatic carbocycles. The predicted molar refractivity (Wildman–Crippen MR) is 129 cm³/mol. The van der Waals surface area contributed by atoms with Crippen LogP contribution in [-0.2, 0) is 13.0 Å². The standard InChI is InChI=1S/C25H24N6O3/c1-3-8-31-20-11-19(14(2)9-16(20)12-27-31)28-25-26-13-18(24(33)34)23(30-25)29-22-17-7-5-4-6-15(17)10-21(22)32/h3-7,9,11-13,21-22,32H,1,8,10H2,2H3,(H,33,34)(H2,26,28,29,30)/t21-,22+/m1/s1. The lowest BCUT2D eigenvalue weighted by Gasteiger charge is -2.20. The maximum absolute atomic E-state index is 11.8. The van der Waals surface area contributed by atoms with Crippen molar-refractivity contribution in [1.29, 1.82) is 0 Å². The summed E-state index contributed by atoms with van der Waals surface area (Å²) in [4.78, 5) is 20.5. The molecule has 0 unspecified atom stereocenters. The van der Waals surface area contributed by atoms with Gasteiger partial charge < -0.3 is 20.8 Å². The van der Waals surface area contributed by atoms with E-state index in [4.69, 9.17) is 0 Å². The fourth-order valence-electron chi connectivity index (χ4n) is 4.37. The number of hydrogen-bond donors (Lipinski definition) is 4. The Balaban J connectivity index is 1.49. The van der Waals surface area contributed by atoms with Gasteiger partial charge in [0.15, 0.2) is 0 Å². The molecule has 172 valence electrons. The van der Waals surface area contributed by atoms with E-state index >= 15 is 0 Å². The lowest BCUT2D eigenvalue weighted by molar-refractivity contribution is 0.0696. The summed E-state index contributed by atoms with van der Waals surface area (Å²) in [6, 6.07) is 11.2. The number of carbonyl (C=O) groups is 1. The fourth-order valence-corrected chi connectivity index (χ4v) is 4.37. The third kappa shape index (κ3) is 3.86. The van der Waals surface area contributed by atoms with Crippen molar-refractivity contribution >= 4 is 34.3 Å². The van der Waals surface area contributed by atoms with E-state index in [9.17, 15) is 15.0 Å². The lowest BCUT2D eigenvalue weighted by atomic mass is 10.1. The number of aromatic carboxylic acids is 1. The van der Waals surface area contributed by atoms with E-state index in [0.29, 0.717) is 13.0 Å². The van der Waals surface area contributed by atoms with Gasteiger partial charge in [-0.15, -0.1) is 6.58 Å². The molecule has 0 saturated carbocycles. The molecule has 0 spiro atoms. The number of benzene rings is 2. The Bertz CT molecular complexity index is 1410. The van der Waals surface area contributed by atoms with Gasteiger partial charge in [-0.25, -0.2) is 9.78 Å². The molecule has 9 heteroatoms. The first-order valence-electron chi connectivity index (χ1n) is 10.9. The summed E-state index contributed by atoms with van der Waals surface area (Å²) in [6.45, 7) is 6.31. The molecule has 4 aromatic rings. The van der Waals surface area contributed by atoms with Crippen LogP contribution < -0.4 is 10.6 Å². The third-order valence-corrected chi connectivity index (χ3v) is 6.05. The van der Waals surface area contributed by atoms with Crippen LogP contribution in [0, 0.1) is 6.92 Å². The Kier molecular flexibility index (Phi) is 5.46. The first-order chi connectivity index (χ1) is 16.4. The van der Waals surface area contributed by atoms with Crippen molar-refractivity contribution in [2.45, 2.75) is 32.0 Å². The van der Waals surface area contributed by atoms with Crippen LogP contribution in [0.15, 0.2) is 61.4 Å². The lowest BCUT2D eigenvalue weighted by Crippen LogP contribution is -2.23. The van der Waals surface area contributed by atoms with E-state index in [1.807, 2.05) is 48.0 Å². The number of aromatic nitrogens is 4. The van der Waals surface area contributed by atoms with Crippen LogP contribution in [0.3, 0.4) is 0 Å². The van der Waals surface area contributed by atoms with E-state index < -0.39 is 18.1 Å². The first kappa shape index (κ1) is 21.6. The van der Waals surface area contributed by atoms with Crippen LogP contribution in [0.2, 0.25) is 0 Å². The highest BCUT2D eigenvalue weighted by atomic mass is 16.4. The summed E-state index contributed by atoms with van der Waals surface area (Å²) in [5.74, 6) is -0.771. The maximum Gasteiger partial charge on any atom is 0.341 e. The summed E-state index contributed by atoms with van der Waals surface area (Å²) in [5, 5.41) is 32.0. The van der Waals surface area contributed by atoms with Crippen molar-refractivity contribution in [1.82, 2.24) is 19.7 Å². The second-order valence-electron chi connectivity index (χ2n) is 8.32. The summed E-state index contributed by atoms with van der Waals surface area (Å²) >= 11 is 0. The number of nitrogens with one attached hydrogen (secondary N) is 2. The molecule has 0 aliphatic heterocycles. The van der Waals surface area contributed by atoms with Crippen molar-refractivity contribution in [3.05, 3.63) is 83.7 Å². The van der Waals surface area contributed by atoms with Crippen LogP contribution in [-0.4, -0.2) is 42.0 Å². The van der Waals surface area contributed by atoms with Crippen LogP contribution in [0.1, 0.15) is 33.1 Å². The van der Waals surface area contributed by atoms with Crippen molar-refractivity contribution in [2.24, 2.45) is 0 Å². The van der Waals surface area contributed by atoms with Gasteiger partial charge in [-0.3, -0.25) is 4.68 Å². The number of allylic oxidation sites excluding steroid dienone is 1. The fraction of sp³-hybridized carbons (Fsp3) is 0.200. The number of fused-ring (bicyclic) bond motifs is 2. The third-order valence-electron chi connectivity index (χ3n) is 6.05. The molecule has 34 heavy (non-hydrogen) atoms. The van der Waals surface area contributed by atoms with Gasteiger partial charge in [-0.2, -0.15) is 10.1 Å². The molecule has 4 N–H and O–H groups in total. The van der Waals surface area contributed by atoms with Gasteiger partial charge in [-0.1, -0.05) is 30.3 Å². The van der Waals surface area contributed by atoms with Gasteiger partial charge in [0, 0.05) is 23.7 Å². The Morgan fingerprint density at radius 2 is 2.12 bits per heavy atom. The number of nitrogens with zero attached hydrogens (tertiary/aromatic N) is 4. The minimum Gasteiger partial charge on any atom is -0.477 e. The quantitative estimate of drug-likeness (QED) is 0.309. The van der Waals surface area contributed by atoms with Crippen LogP contribution in [0.4, 0.5) is 17.5 Å². The Labute approximate surface area is 195 Å². The number of carboxylic acids is 1. The highest BCUT2D eigenvalue weighted by molar-refractivity contribution is 5.93. The van der Waals surface area contributed by atoms with Gasteiger partial charge in [-0.05, 0) is 35.7 Å². The molecule has 5 rings (SSSR count).